The quantitative estimate of drug-likeness (QED) is 0.822. The van der Waals surface area contributed by atoms with Crippen LogP contribution in [0.5, 0.6) is 0 Å². The Kier molecular flexibility index (Phi) is 4.73. The number of alkyl halides is 3. The number of hydrogen-bond acceptors (Lipinski definition) is 6. The average molecular weight is 332 g/mol. The summed E-state index contributed by atoms with van der Waals surface area (Å²) in [4.78, 5) is 33.1. The van der Waals surface area contributed by atoms with Crippen LogP contribution in [-0.2, 0) is 14.4 Å². The lowest BCUT2D eigenvalue weighted by molar-refractivity contribution is -0.202. The molecule has 0 saturated carbocycles. The number of hydrogen-bond donors (Lipinski definition) is 1. The molecule has 7 nitrogen and oxygen atoms in total. The lowest BCUT2D eigenvalue weighted by atomic mass is 10.0. The maximum Gasteiger partial charge on any atom is 0.493 e. The Labute approximate surface area is 130 Å². The molecule has 23 heavy (non-hydrogen) atoms. The molecule has 1 N–H and O–H groups in total. The summed E-state index contributed by atoms with van der Waals surface area (Å²) >= 11 is 0. The molecule has 0 bridgehead atoms. The molecule has 0 aromatic carbocycles. The summed E-state index contributed by atoms with van der Waals surface area (Å²) in [6.45, 7) is 0.601. The van der Waals surface area contributed by atoms with Crippen molar-refractivity contribution in [3.63, 3.8) is 0 Å². The number of carbonyl (C=O) groups excluding carboxylic acids is 2. The van der Waals surface area contributed by atoms with Gasteiger partial charge in [-0.25, -0.2) is 9.78 Å². The summed E-state index contributed by atoms with van der Waals surface area (Å²) < 4.78 is 37.2. The van der Waals surface area contributed by atoms with Crippen molar-refractivity contribution in [3.05, 3.63) is 18.3 Å². The number of halogens is 3. The van der Waals surface area contributed by atoms with E-state index < -0.39 is 24.0 Å². The van der Waals surface area contributed by atoms with Gasteiger partial charge in [-0.2, -0.15) is 13.2 Å². The Bertz CT molecular complexity index is 585. The van der Waals surface area contributed by atoms with Gasteiger partial charge in [-0.15, -0.1) is 5.06 Å². The number of amides is 1. The normalized spacial score (nSPS) is 14.8. The van der Waals surface area contributed by atoms with Crippen molar-refractivity contribution in [3.8, 4) is 0 Å². The van der Waals surface area contributed by atoms with E-state index in [1.54, 1.807) is 25.1 Å². The minimum atomic E-state index is -5.21. The molecule has 10 heteroatoms. The van der Waals surface area contributed by atoms with E-state index in [-0.39, 0.29) is 5.82 Å². The molecule has 126 valence electrons. The molecule has 1 aromatic heterocycles. The third-order valence-corrected chi connectivity index (χ3v) is 3.19. The molecular weight excluding hydrogens is 317 g/mol. The van der Waals surface area contributed by atoms with Crippen LogP contribution in [0.1, 0.15) is 0 Å². The van der Waals surface area contributed by atoms with Crippen molar-refractivity contribution in [1.29, 1.82) is 0 Å². The van der Waals surface area contributed by atoms with Gasteiger partial charge in [-0.3, -0.25) is 4.79 Å². The lowest BCUT2D eigenvalue weighted by Gasteiger charge is -2.30. The molecule has 1 aliphatic heterocycles. The minimum Gasteiger partial charge on any atom is -0.376 e. The predicted octanol–water partition coefficient (Wildman–Crippen LogP) is 0.720. The van der Waals surface area contributed by atoms with Crippen LogP contribution in [0, 0.1) is 5.92 Å². The van der Waals surface area contributed by atoms with Crippen LogP contribution in [0.15, 0.2) is 18.3 Å². The van der Waals surface area contributed by atoms with E-state index in [0.717, 1.165) is 0 Å². The van der Waals surface area contributed by atoms with Crippen molar-refractivity contribution in [2.75, 3.05) is 37.1 Å². The van der Waals surface area contributed by atoms with Gasteiger partial charge in [0.05, 0.1) is 17.8 Å². The second kappa shape index (κ2) is 6.41. The number of nitrogens with zero attached hydrogens (tertiary/aromatic N) is 3. The highest BCUT2D eigenvalue weighted by atomic mass is 19.4. The zero-order chi connectivity index (χ0) is 17.2. The zero-order valence-electron chi connectivity index (χ0n) is 12.4. The van der Waals surface area contributed by atoms with Crippen LogP contribution in [-0.4, -0.2) is 50.2 Å². The molecule has 1 aliphatic rings. The Balaban J connectivity index is 2.25. The monoisotopic (exact) mass is 332 g/mol. The number of pyridine rings is 1. The molecule has 0 aliphatic carbocycles. The highest BCUT2D eigenvalue weighted by molar-refractivity contribution is 5.95. The number of anilines is 2. The topological polar surface area (TPSA) is 74.8 Å². The second-order valence-corrected chi connectivity index (χ2v) is 5.13. The van der Waals surface area contributed by atoms with E-state index in [9.17, 15) is 22.8 Å². The van der Waals surface area contributed by atoms with E-state index in [0.29, 0.717) is 23.8 Å². The molecule has 1 amide bonds. The molecule has 1 aromatic rings. The molecule has 0 spiro atoms. The molecule has 2 heterocycles. The van der Waals surface area contributed by atoms with Crippen LogP contribution in [0.3, 0.4) is 0 Å². The van der Waals surface area contributed by atoms with Gasteiger partial charge < -0.3 is 15.1 Å². The van der Waals surface area contributed by atoms with Crippen LogP contribution in [0.4, 0.5) is 24.7 Å². The molecule has 1 fully saturated rings. The first-order valence-corrected chi connectivity index (χ1v) is 6.67. The Morgan fingerprint density at radius 1 is 1.30 bits per heavy atom. The van der Waals surface area contributed by atoms with Crippen molar-refractivity contribution in [2.24, 2.45) is 5.92 Å². The summed E-state index contributed by atoms with van der Waals surface area (Å²) in [5.41, 5.74) is 0.675. The van der Waals surface area contributed by atoms with Crippen LogP contribution in [0.25, 0.3) is 0 Å². The van der Waals surface area contributed by atoms with Crippen molar-refractivity contribution in [1.82, 2.24) is 10.3 Å². The van der Waals surface area contributed by atoms with Gasteiger partial charge in [0.15, 0.2) is 5.82 Å². The van der Waals surface area contributed by atoms with Crippen LogP contribution < -0.4 is 15.3 Å². The largest absolute Gasteiger partial charge is 0.493 e. The van der Waals surface area contributed by atoms with E-state index in [2.05, 4.69) is 15.1 Å². The second-order valence-electron chi connectivity index (χ2n) is 5.13. The molecule has 0 unspecified atom stereocenters. The van der Waals surface area contributed by atoms with Crippen molar-refractivity contribution in [2.45, 2.75) is 6.18 Å². The molecule has 0 atom stereocenters. The zero-order valence-corrected chi connectivity index (χ0v) is 12.4. The van der Waals surface area contributed by atoms with Crippen LogP contribution >= 0.6 is 0 Å². The Morgan fingerprint density at radius 2 is 1.96 bits per heavy atom. The fourth-order valence-corrected chi connectivity index (χ4v) is 1.73. The van der Waals surface area contributed by atoms with E-state index in [4.69, 9.17) is 0 Å². The lowest BCUT2D eigenvalue weighted by Crippen LogP contribution is -2.53. The highest BCUT2D eigenvalue weighted by Crippen LogP contribution is 2.23. The molecular formula is C13H15F3N4O3. The highest BCUT2D eigenvalue weighted by Gasteiger charge is 2.45. The van der Waals surface area contributed by atoms with Crippen molar-refractivity contribution < 1.29 is 27.6 Å². The fraction of sp³-hybridized carbons (Fsp3) is 0.462. The van der Waals surface area contributed by atoms with Gasteiger partial charge in [0.2, 0.25) is 0 Å². The standard InChI is InChI=1S/C13H15F3N4O3/c1-19(2)9-3-4-10(18-7-9)20(11(21)8-5-17-6-8)23-12(22)13(14,15)16/h3-4,7-8,17H,5-6H2,1-2H3. The number of hydroxylamine groups is 1. The Hall–Kier alpha value is -2.36. The van der Waals surface area contributed by atoms with E-state index >= 15 is 0 Å². The SMILES string of the molecule is CN(C)c1ccc(N(OC(=O)C(F)(F)F)C(=O)C2CNC2)nc1. The first-order valence-electron chi connectivity index (χ1n) is 6.67. The smallest absolute Gasteiger partial charge is 0.376 e. The van der Waals surface area contributed by atoms with E-state index in [1.807, 2.05) is 0 Å². The summed E-state index contributed by atoms with van der Waals surface area (Å²) in [6.07, 6.45) is -3.85. The summed E-state index contributed by atoms with van der Waals surface area (Å²) in [5.74, 6) is -3.99. The van der Waals surface area contributed by atoms with Crippen molar-refractivity contribution >= 4 is 23.4 Å². The van der Waals surface area contributed by atoms with Crippen LogP contribution in [0.2, 0.25) is 0 Å². The summed E-state index contributed by atoms with van der Waals surface area (Å²) in [6, 6.07) is 2.85. The van der Waals surface area contributed by atoms with Gasteiger partial charge in [-0.05, 0) is 12.1 Å². The Morgan fingerprint density at radius 3 is 2.35 bits per heavy atom. The number of aromatic nitrogens is 1. The van der Waals surface area contributed by atoms with E-state index in [1.165, 1.54) is 12.3 Å². The average Bonchev–Trinajstić information content (AvgIpc) is 2.41. The number of rotatable bonds is 3. The third kappa shape index (κ3) is 3.89. The molecule has 1 saturated heterocycles. The summed E-state index contributed by atoms with van der Waals surface area (Å²) in [7, 11) is 3.51. The fourth-order valence-electron chi connectivity index (χ4n) is 1.73. The third-order valence-electron chi connectivity index (χ3n) is 3.19. The number of carbonyl (C=O) groups is 2. The predicted molar refractivity (Wildman–Crippen MR) is 74.6 cm³/mol. The molecule has 0 radical (unpaired) electrons. The van der Waals surface area contributed by atoms with Gasteiger partial charge >= 0.3 is 12.1 Å². The van der Waals surface area contributed by atoms with Gasteiger partial charge in [0, 0.05) is 27.2 Å². The van der Waals surface area contributed by atoms with Gasteiger partial charge in [0.1, 0.15) is 0 Å². The number of nitrogens with one attached hydrogen (secondary N) is 1. The van der Waals surface area contributed by atoms with Gasteiger partial charge in [-0.1, -0.05) is 0 Å². The summed E-state index contributed by atoms with van der Waals surface area (Å²) in [5, 5.41) is 3.13. The minimum absolute atomic E-state index is 0.190. The molecule has 2 rings (SSSR count). The maximum absolute atomic E-state index is 12.4. The first kappa shape index (κ1) is 17.0. The first-order chi connectivity index (χ1) is 10.7. The van der Waals surface area contributed by atoms with Gasteiger partial charge in [0.25, 0.3) is 5.91 Å². The maximum atomic E-state index is 12.4.